The lowest BCUT2D eigenvalue weighted by Gasteiger charge is -2.80. The molecule has 4 heteroatoms. The highest BCUT2D eigenvalue weighted by molar-refractivity contribution is 6.66. The summed E-state index contributed by atoms with van der Waals surface area (Å²) in [4.78, 5) is 0. The fourth-order valence-corrected chi connectivity index (χ4v) is 6.64. The van der Waals surface area contributed by atoms with Crippen LogP contribution in [0.25, 0.3) is 0 Å². The minimum absolute atomic E-state index is 0.449. The van der Waals surface area contributed by atoms with Crippen molar-refractivity contribution >= 4 is 46.4 Å². The fourth-order valence-electron chi connectivity index (χ4n) is 4.54. The Morgan fingerprint density at radius 2 is 0.864 bits per heavy atom. The molecule has 2 aliphatic carbocycles. The first-order valence-electron chi connectivity index (χ1n) is 7.28. The molecule has 0 aromatic heterocycles. The van der Waals surface area contributed by atoms with Crippen LogP contribution in [0.5, 0.6) is 0 Å². The van der Waals surface area contributed by atoms with Gasteiger partial charge in [0.15, 0.2) is 8.67 Å². The van der Waals surface area contributed by atoms with Crippen molar-refractivity contribution in [1.82, 2.24) is 0 Å². The van der Waals surface area contributed by atoms with E-state index in [1.807, 2.05) is 36.4 Å². The van der Waals surface area contributed by atoms with E-state index in [1.165, 1.54) is 0 Å². The van der Waals surface area contributed by atoms with Gasteiger partial charge in [0, 0.05) is 10.8 Å². The Morgan fingerprint density at radius 1 is 0.545 bits per heavy atom. The Balaban J connectivity index is 1.98. The van der Waals surface area contributed by atoms with Crippen LogP contribution in [0.1, 0.15) is 24.0 Å². The van der Waals surface area contributed by atoms with Crippen molar-refractivity contribution in [2.24, 2.45) is 0 Å². The molecule has 2 aromatic carbocycles. The molecule has 2 atom stereocenters. The number of alkyl halides is 4. The van der Waals surface area contributed by atoms with Crippen molar-refractivity contribution in [2.45, 2.75) is 32.3 Å². The molecule has 2 aliphatic rings. The summed E-state index contributed by atoms with van der Waals surface area (Å²) in [5.41, 5.74) is 1.31. The Bertz CT molecular complexity index is 647. The van der Waals surface area contributed by atoms with Crippen molar-refractivity contribution in [3.63, 3.8) is 0 Å². The number of benzene rings is 2. The predicted octanol–water partition coefficient (Wildman–Crippen LogP) is 6.02. The summed E-state index contributed by atoms with van der Waals surface area (Å²) in [5.74, 6) is 0. The van der Waals surface area contributed by atoms with Gasteiger partial charge in [-0.25, -0.2) is 0 Å². The molecule has 0 aliphatic heterocycles. The molecule has 0 spiro atoms. The predicted molar refractivity (Wildman–Crippen MR) is 94.3 cm³/mol. The maximum atomic E-state index is 6.72. The second kappa shape index (κ2) is 4.57. The van der Waals surface area contributed by atoms with Gasteiger partial charge < -0.3 is 0 Å². The second-order valence-electron chi connectivity index (χ2n) is 6.19. The van der Waals surface area contributed by atoms with Gasteiger partial charge in [-0.15, -0.1) is 0 Å². The summed E-state index contributed by atoms with van der Waals surface area (Å²) < 4.78 is -2.45. The first-order valence-corrected chi connectivity index (χ1v) is 8.80. The first kappa shape index (κ1) is 15.1. The maximum absolute atomic E-state index is 6.72. The Hall–Kier alpha value is -0.400. The Labute approximate surface area is 150 Å². The molecule has 2 fully saturated rings. The van der Waals surface area contributed by atoms with Gasteiger partial charge in [-0.05, 0) is 24.0 Å². The molecule has 0 saturated heterocycles. The number of hydrogen-bond donors (Lipinski definition) is 0. The molecule has 0 unspecified atom stereocenters. The minimum atomic E-state index is -1.22. The summed E-state index contributed by atoms with van der Waals surface area (Å²) >= 11 is 26.9. The lowest BCUT2D eigenvalue weighted by atomic mass is 9.33. The zero-order valence-corrected chi connectivity index (χ0v) is 14.7. The van der Waals surface area contributed by atoms with Crippen molar-refractivity contribution in [3.05, 3.63) is 71.8 Å². The molecule has 114 valence electrons. The van der Waals surface area contributed by atoms with Gasteiger partial charge >= 0.3 is 0 Å². The van der Waals surface area contributed by atoms with E-state index >= 15 is 0 Å². The van der Waals surface area contributed by atoms with Crippen molar-refractivity contribution in [1.29, 1.82) is 0 Å². The van der Waals surface area contributed by atoms with Crippen LogP contribution in [0.4, 0.5) is 0 Å². The number of halogens is 4. The van der Waals surface area contributed by atoms with E-state index in [9.17, 15) is 0 Å². The van der Waals surface area contributed by atoms with Crippen LogP contribution in [0.3, 0.4) is 0 Å². The van der Waals surface area contributed by atoms with Crippen LogP contribution in [0.2, 0.25) is 0 Å². The number of fused-ring (bicyclic) bond motifs is 1. The summed E-state index contributed by atoms with van der Waals surface area (Å²) in [6.07, 6.45) is 1.75. The van der Waals surface area contributed by atoms with Crippen molar-refractivity contribution in [3.8, 4) is 0 Å². The van der Waals surface area contributed by atoms with E-state index in [0.29, 0.717) is 0 Å². The minimum Gasteiger partial charge on any atom is -0.0972 e. The van der Waals surface area contributed by atoms with Gasteiger partial charge in [0.2, 0.25) is 0 Å². The van der Waals surface area contributed by atoms with Crippen molar-refractivity contribution < 1.29 is 0 Å². The lowest BCUT2D eigenvalue weighted by molar-refractivity contribution is -0.0629. The summed E-state index contributed by atoms with van der Waals surface area (Å²) in [5, 5.41) is 0. The monoisotopic (exact) mass is 370 g/mol. The van der Waals surface area contributed by atoms with Crippen LogP contribution in [0.15, 0.2) is 60.7 Å². The smallest absolute Gasteiger partial charge is 0.0972 e. The van der Waals surface area contributed by atoms with Crippen LogP contribution < -0.4 is 0 Å². The largest absolute Gasteiger partial charge is 0.162 e. The van der Waals surface area contributed by atoms with Crippen LogP contribution in [0, 0.1) is 0 Å². The number of rotatable bonds is 2. The topological polar surface area (TPSA) is 0 Å². The average Bonchev–Trinajstić information content (AvgIpc) is 2.48. The van der Waals surface area contributed by atoms with Crippen LogP contribution >= 0.6 is 46.4 Å². The molecule has 0 heterocycles. The third-order valence-electron chi connectivity index (χ3n) is 5.60. The molecule has 0 nitrogen and oxygen atoms in total. The summed E-state index contributed by atoms with van der Waals surface area (Å²) in [6, 6.07) is 20.3. The molecule has 0 amide bonds. The van der Waals surface area contributed by atoms with E-state index in [1.54, 1.807) is 0 Å². The third-order valence-corrected chi connectivity index (χ3v) is 8.41. The molecule has 0 radical (unpaired) electrons. The van der Waals surface area contributed by atoms with Gasteiger partial charge in [-0.2, -0.15) is 0 Å². The molecule has 2 aromatic rings. The lowest BCUT2D eigenvalue weighted by Crippen LogP contribution is -2.88. The van der Waals surface area contributed by atoms with Gasteiger partial charge in [-0.1, -0.05) is 107 Å². The molecule has 0 bridgehead atoms. The Morgan fingerprint density at radius 3 is 1.14 bits per heavy atom. The molecular formula is C18H14Cl4. The molecule has 0 N–H and O–H groups in total. The Kier molecular flexibility index (Phi) is 3.15. The number of hydrogen-bond acceptors (Lipinski definition) is 0. The van der Waals surface area contributed by atoms with Crippen molar-refractivity contribution in [2.75, 3.05) is 0 Å². The first-order chi connectivity index (χ1) is 10.4. The SMILES string of the molecule is ClC1(Cl)C(Cl)(Cl)[C@]2(c3ccccc3)CC[C@]12c1ccccc1. The molecular weight excluding hydrogens is 358 g/mol. The standard InChI is InChI=1S/C18H14Cl4/c19-17(20)15(13-7-3-1-4-8-13)11-12-16(15,18(17,21)22)14-9-5-2-6-10-14/h1-10H,11-12H2/t15-,16+. The van der Waals surface area contributed by atoms with Gasteiger partial charge in [0.05, 0.1) is 0 Å². The summed E-state index contributed by atoms with van der Waals surface area (Å²) in [7, 11) is 0. The quantitative estimate of drug-likeness (QED) is 0.566. The average molecular weight is 372 g/mol. The van der Waals surface area contributed by atoms with Gasteiger partial charge in [-0.3, -0.25) is 0 Å². The highest BCUT2D eigenvalue weighted by Crippen LogP contribution is 2.86. The zero-order chi connectivity index (χ0) is 15.6. The van der Waals surface area contributed by atoms with E-state index < -0.39 is 19.5 Å². The van der Waals surface area contributed by atoms with Gasteiger partial charge in [0.25, 0.3) is 0 Å². The van der Waals surface area contributed by atoms with E-state index in [0.717, 1.165) is 24.0 Å². The van der Waals surface area contributed by atoms with Gasteiger partial charge in [0.1, 0.15) is 0 Å². The highest BCUT2D eigenvalue weighted by Gasteiger charge is 2.91. The zero-order valence-electron chi connectivity index (χ0n) is 11.7. The normalized spacial score (nSPS) is 34.2. The second-order valence-corrected chi connectivity index (χ2v) is 8.85. The van der Waals surface area contributed by atoms with E-state index in [-0.39, 0.29) is 0 Å². The van der Waals surface area contributed by atoms with Crippen LogP contribution in [-0.2, 0) is 10.8 Å². The molecule has 2 saturated carbocycles. The third kappa shape index (κ3) is 1.36. The van der Waals surface area contributed by atoms with Crippen LogP contribution in [-0.4, -0.2) is 8.67 Å². The molecule has 4 rings (SSSR count). The fraction of sp³-hybridized carbons (Fsp3) is 0.333. The maximum Gasteiger partial charge on any atom is 0.162 e. The highest BCUT2D eigenvalue weighted by atomic mass is 35.5. The van der Waals surface area contributed by atoms with E-state index in [2.05, 4.69) is 24.3 Å². The summed E-state index contributed by atoms with van der Waals surface area (Å²) in [6.45, 7) is 0. The van der Waals surface area contributed by atoms with E-state index in [4.69, 9.17) is 46.4 Å². The molecule has 22 heavy (non-hydrogen) atoms.